The van der Waals surface area contributed by atoms with Crippen LogP contribution in [0.25, 0.3) is 0 Å². The van der Waals surface area contributed by atoms with Gasteiger partial charge in [-0.3, -0.25) is 9.69 Å². The van der Waals surface area contributed by atoms with Gasteiger partial charge in [-0.1, -0.05) is 6.92 Å². The van der Waals surface area contributed by atoms with E-state index in [0.717, 1.165) is 19.4 Å². The highest BCUT2D eigenvalue weighted by molar-refractivity contribution is 5.74. The van der Waals surface area contributed by atoms with Gasteiger partial charge in [-0.25, -0.2) is 4.79 Å². The molecule has 2 amide bonds. The minimum atomic E-state index is -0.811. The molecule has 1 unspecified atom stereocenters. The average Bonchev–Trinajstić information content (AvgIpc) is 2.71. The van der Waals surface area contributed by atoms with Gasteiger partial charge >= 0.3 is 12.0 Å². The van der Waals surface area contributed by atoms with Crippen molar-refractivity contribution in [2.45, 2.75) is 25.9 Å². The maximum Gasteiger partial charge on any atom is 0.320 e. The summed E-state index contributed by atoms with van der Waals surface area (Å²) in [6, 6.07) is 0.0638. The molecular formula is C14H25N3O4. The van der Waals surface area contributed by atoms with Crippen LogP contribution in [0.15, 0.2) is 0 Å². The molecule has 7 heteroatoms. The number of hydrogen-bond donors (Lipinski definition) is 1. The van der Waals surface area contributed by atoms with Gasteiger partial charge in [-0.2, -0.15) is 0 Å². The van der Waals surface area contributed by atoms with Crippen molar-refractivity contribution in [3.63, 3.8) is 0 Å². The molecule has 0 aromatic rings. The molecule has 2 rings (SSSR count). The van der Waals surface area contributed by atoms with E-state index in [1.54, 1.807) is 0 Å². The van der Waals surface area contributed by atoms with E-state index in [2.05, 4.69) is 6.92 Å². The van der Waals surface area contributed by atoms with Crippen molar-refractivity contribution < 1.29 is 19.4 Å². The predicted molar refractivity (Wildman–Crippen MR) is 77.3 cm³/mol. The smallest absolute Gasteiger partial charge is 0.320 e. The third-order valence-corrected chi connectivity index (χ3v) is 4.08. The van der Waals surface area contributed by atoms with Crippen LogP contribution in [-0.4, -0.2) is 90.3 Å². The molecule has 1 N–H and O–H groups in total. The molecule has 21 heavy (non-hydrogen) atoms. The number of urea groups is 1. The minimum Gasteiger partial charge on any atom is -0.480 e. The largest absolute Gasteiger partial charge is 0.480 e. The van der Waals surface area contributed by atoms with Crippen LogP contribution < -0.4 is 0 Å². The Bertz CT molecular complexity index is 377. The van der Waals surface area contributed by atoms with Gasteiger partial charge < -0.3 is 19.6 Å². The third kappa shape index (κ3) is 4.57. The summed E-state index contributed by atoms with van der Waals surface area (Å²) >= 11 is 0. The van der Waals surface area contributed by atoms with Crippen LogP contribution in [0.5, 0.6) is 0 Å². The molecule has 2 saturated heterocycles. The molecule has 0 aromatic heterocycles. The van der Waals surface area contributed by atoms with E-state index in [9.17, 15) is 9.59 Å². The van der Waals surface area contributed by atoms with Crippen molar-refractivity contribution >= 4 is 12.0 Å². The minimum absolute atomic E-state index is 0.0531. The second-order valence-electron chi connectivity index (χ2n) is 5.64. The normalized spacial score (nSPS) is 24.7. The third-order valence-electron chi connectivity index (χ3n) is 4.08. The van der Waals surface area contributed by atoms with E-state index < -0.39 is 5.97 Å². The topological polar surface area (TPSA) is 73.3 Å². The zero-order valence-corrected chi connectivity index (χ0v) is 12.7. The van der Waals surface area contributed by atoms with Gasteiger partial charge in [-0.15, -0.1) is 0 Å². The number of morpholine rings is 1. The highest BCUT2D eigenvalue weighted by Crippen LogP contribution is 2.12. The van der Waals surface area contributed by atoms with E-state index in [-0.39, 0.29) is 18.7 Å². The first kappa shape index (κ1) is 16.0. The van der Waals surface area contributed by atoms with Crippen molar-refractivity contribution in [3.05, 3.63) is 0 Å². The van der Waals surface area contributed by atoms with Gasteiger partial charge in [-0.05, 0) is 12.8 Å². The van der Waals surface area contributed by atoms with Crippen LogP contribution in [0.2, 0.25) is 0 Å². The molecule has 7 nitrogen and oxygen atoms in total. The molecule has 2 aliphatic heterocycles. The Morgan fingerprint density at radius 2 is 1.95 bits per heavy atom. The summed E-state index contributed by atoms with van der Waals surface area (Å²) in [7, 11) is 0. The van der Waals surface area contributed by atoms with E-state index in [1.165, 1.54) is 0 Å². The molecule has 0 radical (unpaired) electrons. The van der Waals surface area contributed by atoms with Gasteiger partial charge in [0, 0.05) is 39.3 Å². The Hall–Kier alpha value is -1.34. The molecule has 2 aliphatic rings. The summed E-state index contributed by atoms with van der Waals surface area (Å²) in [4.78, 5) is 28.9. The van der Waals surface area contributed by atoms with Crippen molar-refractivity contribution in [3.8, 4) is 0 Å². The van der Waals surface area contributed by atoms with E-state index in [4.69, 9.17) is 9.84 Å². The average molecular weight is 299 g/mol. The highest BCUT2D eigenvalue weighted by Gasteiger charge is 2.28. The summed E-state index contributed by atoms with van der Waals surface area (Å²) in [6.07, 6.45) is 1.87. The first-order valence-corrected chi connectivity index (χ1v) is 7.69. The molecule has 2 fully saturated rings. The number of amides is 2. The van der Waals surface area contributed by atoms with Crippen molar-refractivity contribution in [2.24, 2.45) is 0 Å². The van der Waals surface area contributed by atoms with Crippen LogP contribution in [0.3, 0.4) is 0 Å². The predicted octanol–water partition coefficient (Wildman–Crippen LogP) is 0.310. The zero-order valence-electron chi connectivity index (χ0n) is 12.7. The van der Waals surface area contributed by atoms with Crippen molar-refractivity contribution in [1.29, 1.82) is 0 Å². The summed E-state index contributed by atoms with van der Waals surface area (Å²) < 4.78 is 5.59. The molecule has 2 heterocycles. The van der Waals surface area contributed by atoms with Crippen molar-refractivity contribution in [1.82, 2.24) is 14.7 Å². The molecule has 0 aromatic carbocycles. The van der Waals surface area contributed by atoms with Crippen LogP contribution in [0, 0.1) is 0 Å². The molecule has 0 bridgehead atoms. The Morgan fingerprint density at radius 3 is 2.67 bits per heavy atom. The van der Waals surface area contributed by atoms with Crippen LogP contribution in [0.1, 0.15) is 19.8 Å². The molecular weight excluding hydrogens is 274 g/mol. The zero-order chi connectivity index (χ0) is 15.2. The maximum atomic E-state index is 12.6. The van der Waals surface area contributed by atoms with Gasteiger partial charge in [0.15, 0.2) is 0 Å². The Kier molecular flexibility index (Phi) is 5.81. The fourth-order valence-electron chi connectivity index (χ4n) is 2.85. The summed E-state index contributed by atoms with van der Waals surface area (Å²) in [5.41, 5.74) is 0. The summed E-state index contributed by atoms with van der Waals surface area (Å²) in [5.74, 6) is -0.811. The van der Waals surface area contributed by atoms with Gasteiger partial charge in [0.1, 0.15) is 0 Å². The Labute approximate surface area is 125 Å². The van der Waals surface area contributed by atoms with E-state index >= 15 is 0 Å². The van der Waals surface area contributed by atoms with Crippen LogP contribution in [0.4, 0.5) is 4.79 Å². The Balaban J connectivity index is 1.86. The number of hydrogen-bond acceptors (Lipinski definition) is 4. The highest BCUT2D eigenvalue weighted by atomic mass is 16.5. The standard InChI is InChI=1S/C14H25N3O4/c1-2-12-10-17(8-9-21-12)14(20)16-5-3-4-15(6-7-16)11-13(18)19/h12H,2-11H2,1H3,(H,18,19). The Morgan fingerprint density at radius 1 is 1.14 bits per heavy atom. The van der Waals surface area contributed by atoms with Crippen LogP contribution >= 0.6 is 0 Å². The molecule has 0 saturated carbocycles. The quantitative estimate of drug-likeness (QED) is 0.812. The lowest BCUT2D eigenvalue weighted by molar-refractivity contribution is -0.138. The van der Waals surface area contributed by atoms with Gasteiger partial charge in [0.2, 0.25) is 0 Å². The second-order valence-corrected chi connectivity index (χ2v) is 5.64. The maximum absolute atomic E-state index is 12.6. The number of carboxylic acids is 1. The first-order chi connectivity index (χ1) is 10.1. The van der Waals surface area contributed by atoms with Gasteiger partial charge in [0.25, 0.3) is 0 Å². The fourth-order valence-corrected chi connectivity index (χ4v) is 2.85. The van der Waals surface area contributed by atoms with Crippen LogP contribution in [-0.2, 0) is 9.53 Å². The number of carbonyl (C=O) groups is 2. The SMILES string of the molecule is CCC1CN(C(=O)N2CCCN(CC(=O)O)CC2)CCO1. The number of aliphatic carboxylic acids is 1. The summed E-state index contributed by atoms with van der Waals surface area (Å²) in [6.45, 7) is 6.67. The second kappa shape index (κ2) is 7.61. The van der Waals surface area contributed by atoms with E-state index in [0.29, 0.717) is 39.3 Å². The monoisotopic (exact) mass is 299 g/mol. The number of carboxylic acid groups (broad SMARTS) is 1. The molecule has 0 spiro atoms. The number of rotatable bonds is 3. The van der Waals surface area contributed by atoms with E-state index in [1.807, 2.05) is 14.7 Å². The van der Waals surface area contributed by atoms with Gasteiger partial charge in [0.05, 0.1) is 19.3 Å². The number of ether oxygens (including phenoxy) is 1. The lowest BCUT2D eigenvalue weighted by Crippen LogP contribution is -2.51. The molecule has 120 valence electrons. The number of carbonyl (C=O) groups excluding carboxylic acids is 1. The molecule has 0 aliphatic carbocycles. The lowest BCUT2D eigenvalue weighted by Gasteiger charge is -2.36. The summed E-state index contributed by atoms with van der Waals surface area (Å²) in [5, 5.41) is 8.85. The van der Waals surface area contributed by atoms with Crippen molar-refractivity contribution in [2.75, 3.05) is 52.4 Å². The molecule has 1 atom stereocenters. The number of nitrogens with zero attached hydrogens (tertiary/aromatic N) is 3. The lowest BCUT2D eigenvalue weighted by atomic mass is 10.2. The fraction of sp³-hybridized carbons (Fsp3) is 0.857. The first-order valence-electron chi connectivity index (χ1n) is 7.69.